The van der Waals surface area contributed by atoms with Gasteiger partial charge in [0, 0.05) is 45.8 Å². The van der Waals surface area contributed by atoms with Crippen LogP contribution in [0.2, 0.25) is 0 Å². The molecule has 3 heterocycles. The second-order valence-electron chi connectivity index (χ2n) is 9.45. The van der Waals surface area contributed by atoms with E-state index in [9.17, 15) is 14.4 Å². The lowest BCUT2D eigenvalue weighted by molar-refractivity contribution is 0.262. The van der Waals surface area contributed by atoms with Crippen molar-refractivity contribution in [2.75, 3.05) is 10.6 Å². The van der Waals surface area contributed by atoms with E-state index < -0.39 is 5.69 Å². The fourth-order valence-corrected chi connectivity index (χ4v) is 4.44. The van der Waals surface area contributed by atoms with Crippen LogP contribution >= 0.6 is 11.5 Å². The molecule has 3 aromatic heterocycles. The third kappa shape index (κ3) is 4.86. The molecule has 0 unspecified atom stereocenters. The Balaban J connectivity index is 1.39. The third-order valence-electron chi connectivity index (χ3n) is 5.67. The molecule has 0 aliphatic rings. The summed E-state index contributed by atoms with van der Waals surface area (Å²) in [6.07, 6.45) is 1.85. The number of amides is 2. The summed E-state index contributed by atoms with van der Waals surface area (Å²) in [5.74, 6) is 0.521. The molecule has 0 spiro atoms. The van der Waals surface area contributed by atoms with Gasteiger partial charge in [-0.2, -0.15) is 5.10 Å². The highest BCUT2D eigenvalue weighted by atomic mass is 32.1. The molecular formula is C25H25N7O3S. The average molecular weight is 504 g/mol. The Bertz CT molecular complexity index is 1660. The van der Waals surface area contributed by atoms with Crippen LogP contribution in [0.4, 0.5) is 16.3 Å². The number of fused-ring (bicyclic) bond motifs is 1. The minimum absolute atomic E-state index is 0.232. The zero-order chi connectivity index (χ0) is 25.4. The molecule has 0 saturated heterocycles. The fourth-order valence-electron chi connectivity index (χ4n) is 3.77. The first-order valence-corrected chi connectivity index (χ1v) is 12.1. The number of carbonyl (C=O) groups excluding carboxylic acids is 1. The van der Waals surface area contributed by atoms with E-state index >= 15 is 0 Å². The van der Waals surface area contributed by atoms with Gasteiger partial charge in [0.05, 0.1) is 17.9 Å². The van der Waals surface area contributed by atoms with Crippen LogP contribution in [0.1, 0.15) is 32.0 Å². The Morgan fingerprint density at radius 2 is 1.81 bits per heavy atom. The van der Waals surface area contributed by atoms with Gasteiger partial charge in [-0.15, -0.1) is 0 Å². The maximum absolute atomic E-state index is 12.9. The zero-order valence-electron chi connectivity index (χ0n) is 20.0. The van der Waals surface area contributed by atoms with Crippen molar-refractivity contribution in [1.82, 2.24) is 23.7 Å². The number of anilines is 2. The molecule has 0 bridgehead atoms. The van der Waals surface area contributed by atoms with Crippen LogP contribution in [-0.2, 0) is 12.0 Å². The quantitative estimate of drug-likeness (QED) is 0.286. The smallest absolute Gasteiger partial charge is 0.338 e. The SMILES string of the molecule is CC(C)(C)c1cc(NC(=O)Nc2ccc3[nH]ccc3c2)n(-c2ccc(Cn3sc(=O)[nH]c3=O)cc2)n1. The molecule has 11 heteroatoms. The molecule has 0 saturated carbocycles. The lowest BCUT2D eigenvalue weighted by Crippen LogP contribution is -2.21. The molecule has 5 aromatic rings. The van der Waals surface area contributed by atoms with Gasteiger partial charge in [0.15, 0.2) is 0 Å². The first-order chi connectivity index (χ1) is 17.2. The second-order valence-corrected chi connectivity index (χ2v) is 10.4. The Morgan fingerprint density at radius 3 is 2.50 bits per heavy atom. The first-order valence-electron chi connectivity index (χ1n) is 11.3. The number of hydrogen-bond donors (Lipinski definition) is 4. The third-order valence-corrected chi connectivity index (χ3v) is 6.45. The minimum Gasteiger partial charge on any atom is -0.361 e. The number of carbonyl (C=O) groups is 1. The summed E-state index contributed by atoms with van der Waals surface area (Å²) in [5, 5.41) is 11.5. The van der Waals surface area contributed by atoms with Gasteiger partial charge in [-0.25, -0.2) is 18.2 Å². The van der Waals surface area contributed by atoms with Crippen LogP contribution in [-0.4, -0.2) is 29.7 Å². The summed E-state index contributed by atoms with van der Waals surface area (Å²) in [5.41, 5.74) is 3.42. The van der Waals surface area contributed by atoms with Gasteiger partial charge >= 0.3 is 16.6 Å². The van der Waals surface area contributed by atoms with Crippen LogP contribution in [0.5, 0.6) is 0 Å². The number of nitrogens with one attached hydrogen (secondary N) is 4. The maximum atomic E-state index is 12.9. The second kappa shape index (κ2) is 9.00. The Hall–Kier alpha value is -4.38. The van der Waals surface area contributed by atoms with Crippen LogP contribution in [0.25, 0.3) is 16.6 Å². The van der Waals surface area contributed by atoms with Crippen LogP contribution in [0.15, 0.2) is 70.4 Å². The molecule has 0 radical (unpaired) electrons. The van der Waals surface area contributed by atoms with Crippen molar-refractivity contribution in [2.45, 2.75) is 32.7 Å². The Kier molecular flexibility index (Phi) is 5.84. The fraction of sp³-hybridized carbons (Fsp3) is 0.200. The Morgan fingerprint density at radius 1 is 1.03 bits per heavy atom. The van der Waals surface area contributed by atoms with Gasteiger partial charge in [0.2, 0.25) is 0 Å². The lowest BCUT2D eigenvalue weighted by Gasteiger charge is -2.14. The van der Waals surface area contributed by atoms with Crippen molar-refractivity contribution in [1.29, 1.82) is 0 Å². The van der Waals surface area contributed by atoms with Crippen LogP contribution in [0, 0.1) is 0 Å². The molecule has 10 nitrogen and oxygen atoms in total. The van der Waals surface area contributed by atoms with E-state index in [-0.39, 0.29) is 22.9 Å². The molecule has 0 aliphatic carbocycles. The van der Waals surface area contributed by atoms with E-state index in [1.54, 1.807) is 4.68 Å². The van der Waals surface area contributed by atoms with Gasteiger partial charge in [-0.05, 0) is 42.0 Å². The minimum atomic E-state index is -0.427. The van der Waals surface area contributed by atoms with Gasteiger partial charge in [-0.1, -0.05) is 32.9 Å². The highest BCUT2D eigenvalue weighted by molar-refractivity contribution is 7.03. The standard InChI is InChI=1S/C25H25N7O3S/c1-25(2,3)20-13-21(28-22(33)27-17-6-9-19-16(12-17)10-11-26-19)32(30-20)18-7-4-15(5-8-18)14-31-23(34)29-24(35)36-31/h4-13,26H,14H2,1-3H3,(H2,27,28,33)(H,29,34,35). The largest absolute Gasteiger partial charge is 0.361 e. The molecule has 2 aromatic carbocycles. The topological polar surface area (TPSA) is 130 Å². The van der Waals surface area contributed by atoms with E-state index in [2.05, 4.69) is 41.4 Å². The van der Waals surface area contributed by atoms with Gasteiger partial charge in [-0.3, -0.25) is 15.1 Å². The molecule has 0 atom stereocenters. The summed E-state index contributed by atoms with van der Waals surface area (Å²) in [4.78, 5) is 41.1. The van der Waals surface area contributed by atoms with Gasteiger partial charge in [0.1, 0.15) is 5.82 Å². The highest BCUT2D eigenvalue weighted by Crippen LogP contribution is 2.27. The molecule has 4 N–H and O–H groups in total. The van der Waals surface area contributed by atoms with E-state index in [1.807, 2.05) is 60.8 Å². The molecule has 36 heavy (non-hydrogen) atoms. The normalized spacial score (nSPS) is 11.6. The maximum Gasteiger partial charge on any atom is 0.338 e. The lowest BCUT2D eigenvalue weighted by atomic mass is 9.92. The number of aromatic amines is 2. The van der Waals surface area contributed by atoms with Gasteiger partial charge < -0.3 is 10.3 Å². The number of hydrogen-bond acceptors (Lipinski definition) is 5. The first kappa shape index (κ1) is 23.4. The average Bonchev–Trinajstić information content (AvgIpc) is 3.52. The molecule has 2 amide bonds. The molecule has 5 rings (SSSR count). The number of aromatic nitrogens is 5. The number of benzene rings is 2. The van der Waals surface area contributed by atoms with Crippen molar-refractivity contribution in [3.8, 4) is 5.69 Å². The molecule has 0 aliphatic heterocycles. The number of H-pyrrole nitrogens is 2. The zero-order valence-corrected chi connectivity index (χ0v) is 20.8. The van der Waals surface area contributed by atoms with E-state index in [0.717, 1.165) is 39.4 Å². The molecular weight excluding hydrogens is 478 g/mol. The van der Waals surface area contributed by atoms with Crippen molar-refractivity contribution < 1.29 is 4.79 Å². The predicted molar refractivity (Wildman–Crippen MR) is 142 cm³/mol. The number of nitrogens with zero attached hydrogens (tertiary/aromatic N) is 3. The van der Waals surface area contributed by atoms with Crippen molar-refractivity contribution >= 4 is 40.0 Å². The monoisotopic (exact) mass is 503 g/mol. The van der Waals surface area contributed by atoms with E-state index in [4.69, 9.17) is 5.10 Å². The summed E-state index contributed by atoms with van der Waals surface area (Å²) in [7, 11) is 0. The predicted octanol–water partition coefficient (Wildman–Crippen LogP) is 4.25. The number of rotatable bonds is 5. The van der Waals surface area contributed by atoms with Gasteiger partial charge in [0.25, 0.3) is 0 Å². The summed E-state index contributed by atoms with van der Waals surface area (Å²) < 4.78 is 3.05. The van der Waals surface area contributed by atoms with Crippen LogP contribution in [0.3, 0.4) is 0 Å². The number of urea groups is 1. The van der Waals surface area contributed by atoms with Crippen molar-refractivity contribution in [2.24, 2.45) is 0 Å². The van der Waals surface area contributed by atoms with E-state index in [1.165, 1.54) is 3.96 Å². The van der Waals surface area contributed by atoms with Crippen molar-refractivity contribution in [3.63, 3.8) is 0 Å². The summed E-state index contributed by atoms with van der Waals surface area (Å²) >= 11 is 0.846. The van der Waals surface area contributed by atoms with Crippen molar-refractivity contribution in [3.05, 3.63) is 92.2 Å². The molecule has 184 valence electrons. The highest BCUT2D eigenvalue weighted by Gasteiger charge is 2.21. The Labute approximate surface area is 209 Å². The van der Waals surface area contributed by atoms with Crippen LogP contribution < -0.4 is 21.2 Å². The summed E-state index contributed by atoms with van der Waals surface area (Å²) in [6, 6.07) is 16.5. The molecule has 0 fully saturated rings. The summed E-state index contributed by atoms with van der Waals surface area (Å²) in [6.45, 7) is 6.45. The van der Waals surface area contributed by atoms with E-state index in [0.29, 0.717) is 11.5 Å².